The second kappa shape index (κ2) is 3.32. The molecule has 3 heteroatoms. The van der Waals surface area contributed by atoms with Crippen LogP contribution in [0.2, 0.25) is 0 Å². The van der Waals surface area contributed by atoms with Crippen LogP contribution in [0.25, 0.3) is 0 Å². The first kappa shape index (κ1) is 7.98. The minimum Gasteiger partial charge on any atom is -0.355 e. The maximum Gasteiger partial charge on any atom is 0.227 e. The zero-order chi connectivity index (χ0) is 8.27. The van der Waals surface area contributed by atoms with Gasteiger partial charge < -0.3 is 5.32 Å². The highest BCUT2D eigenvalue weighted by molar-refractivity contribution is 6.01. The fourth-order valence-electron chi connectivity index (χ4n) is 1.13. The van der Waals surface area contributed by atoms with Crippen LogP contribution in [0.3, 0.4) is 0 Å². The van der Waals surface area contributed by atoms with E-state index in [1.807, 2.05) is 0 Å². The van der Waals surface area contributed by atoms with E-state index in [4.69, 9.17) is 0 Å². The van der Waals surface area contributed by atoms with Crippen molar-refractivity contribution in [2.45, 2.75) is 12.8 Å². The van der Waals surface area contributed by atoms with Gasteiger partial charge in [-0.1, -0.05) is 6.08 Å². The second-order valence-electron chi connectivity index (χ2n) is 2.67. The summed E-state index contributed by atoms with van der Waals surface area (Å²) >= 11 is 0. The first-order chi connectivity index (χ1) is 5.24. The monoisotopic (exact) mass is 153 g/mol. The topological polar surface area (TPSA) is 46.2 Å². The lowest BCUT2D eigenvalue weighted by atomic mass is 9.94. The molecule has 1 heterocycles. The third-order valence-corrected chi connectivity index (χ3v) is 1.79. The summed E-state index contributed by atoms with van der Waals surface area (Å²) in [5.41, 5.74) is 0. The van der Waals surface area contributed by atoms with Gasteiger partial charge in [0.2, 0.25) is 5.91 Å². The average molecular weight is 153 g/mol. The van der Waals surface area contributed by atoms with Crippen molar-refractivity contribution in [3.8, 4) is 0 Å². The molecule has 0 radical (unpaired) electrons. The Labute approximate surface area is 65.5 Å². The SMILES string of the molecule is C=CCC1CNC(=O)CC1=O. The van der Waals surface area contributed by atoms with Crippen LogP contribution in [0, 0.1) is 5.92 Å². The lowest BCUT2D eigenvalue weighted by molar-refractivity contribution is -0.133. The Morgan fingerprint density at radius 1 is 1.64 bits per heavy atom. The molecule has 1 atom stereocenters. The molecule has 1 saturated heterocycles. The van der Waals surface area contributed by atoms with Crippen LogP contribution in [-0.2, 0) is 9.59 Å². The van der Waals surface area contributed by atoms with Gasteiger partial charge in [-0.3, -0.25) is 9.59 Å². The van der Waals surface area contributed by atoms with Crippen LogP contribution < -0.4 is 5.32 Å². The van der Waals surface area contributed by atoms with Crippen molar-refractivity contribution in [2.75, 3.05) is 6.54 Å². The molecule has 11 heavy (non-hydrogen) atoms. The van der Waals surface area contributed by atoms with Gasteiger partial charge in [-0.15, -0.1) is 6.58 Å². The van der Waals surface area contributed by atoms with Gasteiger partial charge in [0, 0.05) is 12.5 Å². The summed E-state index contributed by atoms with van der Waals surface area (Å²) in [6.07, 6.45) is 2.41. The molecule has 1 rings (SSSR count). The van der Waals surface area contributed by atoms with E-state index in [1.165, 1.54) is 0 Å². The third kappa shape index (κ3) is 1.90. The van der Waals surface area contributed by atoms with Gasteiger partial charge in [0.05, 0.1) is 6.42 Å². The molecule has 0 bridgehead atoms. The maximum atomic E-state index is 11.1. The molecule has 0 saturated carbocycles. The maximum absolute atomic E-state index is 11.1. The zero-order valence-corrected chi connectivity index (χ0v) is 6.30. The molecular formula is C8H11NO2. The van der Waals surface area contributed by atoms with Crippen molar-refractivity contribution < 1.29 is 9.59 Å². The Hall–Kier alpha value is -1.12. The first-order valence-electron chi connectivity index (χ1n) is 3.64. The van der Waals surface area contributed by atoms with Gasteiger partial charge in [0.1, 0.15) is 5.78 Å². The summed E-state index contributed by atoms with van der Waals surface area (Å²) in [5, 5.41) is 2.64. The van der Waals surface area contributed by atoms with E-state index in [2.05, 4.69) is 11.9 Å². The molecule has 0 spiro atoms. The van der Waals surface area contributed by atoms with Gasteiger partial charge >= 0.3 is 0 Å². The summed E-state index contributed by atoms with van der Waals surface area (Å²) in [6.45, 7) is 4.02. The second-order valence-corrected chi connectivity index (χ2v) is 2.67. The van der Waals surface area contributed by atoms with E-state index in [0.29, 0.717) is 13.0 Å². The largest absolute Gasteiger partial charge is 0.355 e. The molecule has 3 nitrogen and oxygen atoms in total. The Bertz CT molecular complexity index is 198. The smallest absolute Gasteiger partial charge is 0.227 e. The van der Waals surface area contributed by atoms with Crippen molar-refractivity contribution in [2.24, 2.45) is 5.92 Å². The van der Waals surface area contributed by atoms with Crippen molar-refractivity contribution >= 4 is 11.7 Å². The van der Waals surface area contributed by atoms with E-state index in [9.17, 15) is 9.59 Å². The highest BCUT2D eigenvalue weighted by Crippen LogP contribution is 2.10. The van der Waals surface area contributed by atoms with E-state index in [1.54, 1.807) is 6.08 Å². The van der Waals surface area contributed by atoms with Crippen molar-refractivity contribution in [1.29, 1.82) is 0 Å². The van der Waals surface area contributed by atoms with Crippen molar-refractivity contribution in [1.82, 2.24) is 5.32 Å². The van der Waals surface area contributed by atoms with E-state index in [-0.39, 0.29) is 24.0 Å². The summed E-state index contributed by atoms with van der Waals surface area (Å²) in [7, 11) is 0. The minimum absolute atomic E-state index is 0.0358. The Kier molecular flexibility index (Phi) is 2.41. The quantitative estimate of drug-likeness (QED) is 0.457. The molecule has 1 aliphatic heterocycles. The van der Waals surface area contributed by atoms with Crippen molar-refractivity contribution in [3.05, 3.63) is 12.7 Å². The van der Waals surface area contributed by atoms with E-state index < -0.39 is 0 Å². The predicted molar refractivity (Wildman–Crippen MR) is 40.9 cm³/mol. The Balaban J connectivity index is 2.50. The molecule has 1 N–H and O–H groups in total. The molecule has 60 valence electrons. The standard InChI is InChI=1S/C8H11NO2/c1-2-3-6-5-9-8(11)4-7(6)10/h2,6H,1,3-5H2,(H,9,11). The molecule has 0 aliphatic carbocycles. The van der Waals surface area contributed by atoms with Gasteiger partial charge in [-0.05, 0) is 6.42 Å². The number of ketones is 1. The molecule has 1 unspecified atom stereocenters. The van der Waals surface area contributed by atoms with Crippen LogP contribution in [0.15, 0.2) is 12.7 Å². The summed E-state index contributed by atoms with van der Waals surface area (Å²) < 4.78 is 0. The average Bonchev–Trinajstić information content (AvgIpc) is 1.95. The summed E-state index contributed by atoms with van der Waals surface area (Å²) in [5.74, 6) is -0.158. The van der Waals surface area contributed by atoms with Crippen molar-refractivity contribution in [3.63, 3.8) is 0 Å². The fraction of sp³-hybridized carbons (Fsp3) is 0.500. The number of piperidine rings is 1. The van der Waals surface area contributed by atoms with Gasteiger partial charge in [0.25, 0.3) is 0 Å². The molecule has 1 aliphatic rings. The lowest BCUT2D eigenvalue weighted by Crippen LogP contribution is -2.40. The normalized spacial score (nSPS) is 24.5. The fourth-order valence-corrected chi connectivity index (χ4v) is 1.13. The number of Topliss-reactive ketones (excluding diaryl/α,β-unsaturated/α-hetero) is 1. The summed E-state index contributed by atoms with van der Waals surface area (Å²) in [6, 6.07) is 0. The number of amides is 1. The number of carbonyl (C=O) groups is 2. The first-order valence-corrected chi connectivity index (χ1v) is 3.64. The number of allylic oxidation sites excluding steroid dienone is 1. The molecule has 0 aromatic carbocycles. The zero-order valence-electron chi connectivity index (χ0n) is 6.30. The van der Waals surface area contributed by atoms with Crippen LogP contribution >= 0.6 is 0 Å². The molecular weight excluding hydrogens is 142 g/mol. The molecule has 0 aromatic heterocycles. The number of carbonyl (C=O) groups excluding carboxylic acids is 2. The Morgan fingerprint density at radius 2 is 2.36 bits per heavy atom. The van der Waals surface area contributed by atoms with Crippen LogP contribution in [-0.4, -0.2) is 18.2 Å². The van der Waals surface area contributed by atoms with Crippen LogP contribution in [0.4, 0.5) is 0 Å². The number of nitrogens with one attached hydrogen (secondary N) is 1. The number of hydrogen-bond donors (Lipinski definition) is 1. The van der Waals surface area contributed by atoms with E-state index >= 15 is 0 Å². The van der Waals surface area contributed by atoms with Gasteiger partial charge in [-0.25, -0.2) is 0 Å². The number of rotatable bonds is 2. The third-order valence-electron chi connectivity index (χ3n) is 1.79. The summed E-state index contributed by atoms with van der Waals surface area (Å²) in [4.78, 5) is 21.8. The van der Waals surface area contributed by atoms with E-state index in [0.717, 1.165) is 0 Å². The molecule has 1 fully saturated rings. The predicted octanol–water partition coefficient (Wildman–Crippen LogP) is 0.268. The Morgan fingerprint density at radius 3 is 2.91 bits per heavy atom. The highest BCUT2D eigenvalue weighted by Gasteiger charge is 2.24. The van der Waals surface area contributed by atoms with Gasteiger partial charge in [-0.2, -0.15) is 0 Å². The number of hydrogen-bond acceptors (Lipinski definition) is 2. The minimum atomic E-state index is -0.157. The highest BCUT2D eigenvalue weighted by atomic mass is 16.2. The molecule has 0 aromatic rings. The van der Waals surface area contributed by atoms with Gasteiger partial charge in [0.15, 0.2) is 0 Å². The lowest BCUT2D eigenvalue weighted by Gasteiger charge is -2.19. The molecule has 1 amide bonds. The van der Waals surface area contributed by atoms with Crippen LogP contribution in [0.5, 0.6) is 0 Å². The van der Waals surface area contributed by atoms with Crippen LogP contribution in [0.1, 0.15) is 12.8 Å².